The average molecular weight is 617 g/mol. The minimum atomic E-state index is -1.47. The van der Waals surface area contributed by atoms with E-state index in [0.717, 1.165) is 16.5 Å². The Hall–Kier alpha value is -5.13. The van der Waals surface area contributed by atoms with Crippen LogP contribution in [0.1, 0.15) is 64.9 Å². The van der Waals surface area contributed by atoms with Crippen molar-refractivity contribution in [3.63, 3.8) is 0 Å². The number of aliphatic carboxylic acids is 1. The summed E-state index contributed by atoms with van der Waals surface area (Å²) in [6, 6.07) is 15.2. The van der Waals surface area contributed by atoms with Gasteiger partial charge in [0.05, 0.1) is 6.20 Å². The number of anilines is 1. The highest BCUT2D eigenvalue weighted by Crippen LogP contribution is 2.35. The molecule has 12 nitrogen and oxygen atoms in total. The van der Waals surface area contributed by atoms with Crippen LogP contribution in [-0.2, 0) is 31.0 Å². The Morgan fingerprint density at radius 2 is 1.64 bits per heavy atom. The molecule has 2 heterocycles. The molecule has 0 aliphatic heterocycles. The molecule has 4 rings (SSSR count). The van der Waals surface area contributed by atoms with E-state index in [1.165, 1.54) is 20.0 Å². The van der Waals surface area contributed by atoms with Gasteiger partial charge < -0.3 is 35.8 Å². The third-order valence-electron chi connectivity index (χ3n) is 7.50. The Morgan fingerprint density at radius 3 is 2.29 bits per heavy atom. The molecule has 0 aliphatic carbocycles. The number of benzene rings is 2. The topological polar surface area (TPSA) is 178 Å². The minimum Gasteiger partial charge on any atom is -0.480 e. The van der Waals surface area contributed by atoms with E-state index in [2.05, 4.69) is 30.9 Å². The van der Waals surface area contributed by atoms with Gasteiger partial charge in [-0.25, -0.2) is 9.78 Å². The highest BCUT2D eigenvalue weighted by atomic mass is 16.6. The number of fused-ring (bicyclic) bond motifs is 1. The number of hydrogen-bond acceptors (Lipinski definition) is 6. The van der Waals surface area contributed by atoms with Crippen molar-refractivity contribution < 1.29 is 29.0 Å². The van der Waals surface area contributed by atoms with Crippen LogP contribution < -0.4 is 16.0 Å². The average Bonchev–Trinajstić information content (AvgIpc) is 3.60. The zero-order valence-electron chi connectivity index (χ0n) is 26.3. The van der Waals surface area contributed by atoms with E-state index < -0.39 is 46.5 Å². The summed E-state index contributed by atoms with van der Waals surface area (Å²) < 4.78 is 5.31. The Balaban J connectivity index is 1.61. The first-order valence-electron chi connectivity index (χ1n) is 14.7. The maximum Gasteiger partial charge on any atom is 0.408 e. The van der Waals surface area contributed by atoms with Gasteiger partial charge in [0.1, 0.15) is 34.2 Å². The quantitative estimate of drug-likeness (QED) is 0.142. The fourth-order valence-electron chi connectivity index (χ4n) is 5.11. The first-order chi connectivity index (χ1) is 21.2. The number of carboxylic acids is 1. The van der Waals surface area contributed by atoms with E-state index >= 15 is 0 Å². The van der Waals surface area contributed by atoms with Gasteiger partial charge in [0.15, 0.2) is 0 Å². The number of aromatic nitrogens is 3. The van der Waals surface area contributed by atoms with Crippen molar-refractivity contribution in [3.8, 4) is 0 Å². The summed E-state index contributed by atoms with van der Waals surface area (Å²) in [6.45, 7) is 9.90. The molecule has 2 aromatic carbocycles. The third-order valence-corrected chi connectivity index (χ3v) is 7.50. The molecule has 0 spiro atoms. The molecule has 0 aliphatic rings. The number of aromatic amines is 2. The number of rotatable bonds is 11. The zero-order valence-corrected chi connectivity index (χ0v) is 26.3. The van der Waals surface area contributed by atoms with Crippen LogP contribution >= 0.6 is 0 Å². The van der Waals surface area contributed by atoms with Crippen molar-refractivity contribution in [1.82, 2.24) is 25.6 Å². The summed E-state index contributed by atoms with van der Waals surface area (Å²) in [4.78, 5) is 62.8. The largest absolute Gasteiger partial charge is 0.480 e. The van der Waals surface area contributed by atoms with Crippen LogP contribution in [0.3, 0.4) is 0 Å². The molecule has 6 N–H and O–H groups in total. The molecule has 0 saturated carbocycles. The molecular formula is C33H40N6O6. The van der Waals surface area contributed by atoms with Gasteiger partial charge in [0.2, 0.25) is 11.8 Å². The van der Waals surface area contributed by atoms with E-state index in [9.17, 15) is 24.3 Å². The van der Waals surface area contributed by atoms with Crippen molar-refractivity contribution >= 4 is 40.6 Å². The first kappa shape index (κ1) is 32.8. The zero-order chi connectivity index (χ0) is 33.0. The van der Waals surface area contributed by atoms with Crippen molar-refractivity contribution in [3.05, 3.63) is 83.9 Å². The molecule has 0 radical (unpaired) electrons. The number of para-hydroxylation sites is 1. The van der Waals surface area contributed by atoms with Crippen LogP contribution in [0.4, 0.5) is 10.6 Å². The van der Waals surface area contributed by atoms with Crippen LogP contribution in [-0.4, -0.2) is 61.1 Å². The maximum absolute atomic E-state index is 13.8. The summed E-state index contributed by atoms with van der Waals surface area (Å²) in [5.41, 5.74) is -1.48. The number of H-pyrrole nitrogens is 2. The number of carboxylic acid groups (broad SMARTS) is 1. The monoisotopic (exact) mass is 616 g/mol. The van der Waals surface area contributed by atoms with E-state index in [-0.39, 0.29) is 24.5 Å². The second-order valence-electron chi connectivity index (χ2n) is 12.4. The van der Waals surface area contributed by atoms with Crippen LogP contribution in [0.5, 0.6) is 0 Å². The van der Waals surface area contributed by atoms with Gasteiger partial charge >= 0.3 is 12.1 Å². The Morgan fingerprint density at radius 1 is 0.978 bits per heavy atom. The summed E-state index contributed by atoms with van der Waals surface area (Å²) in [7, 11) is 0. The van der Waals surface area contributed by atoms with E-state index in [0.29, 0.717) is 5.56 Å². The fourth-order valence-corrected chi connectivity index (χ4v) is 5.11. The summed E-state index contributed by atoms with van der Waals surface area (Å²) >= 11 is 0. The van der Waals surface area contributed by atoms with Gasteiger partial charge in [-0.05, 0) is 58.2 Å². The highest BCUT2D eigenvalue weighted by Gasteiger charge is 2.43. The fraction of sp³-hybridized carbons (Fsp3) is 0.364. The van der Waals surface area contributed by atoms with E-state index in [1.807, 2.05) is 24.3 Å². The molecule has 2 atom stereocenters. The number of ether oxygens (including phenoxy) is 1. The number of amides is 3. The molecule has 0 saturated heterocycles. The summed E-state index contributed by atoms with van der Waals surface area (Å²) in [5.74, 6) is -1.96. The maximum atomic E-state index is 13.8. The number of imidazole rings is 1. The number of nitrogens with zero attached hydrogens (tertiary/aromatic N) is 1. The smallest absolute Gasteiger partial charge is 0.408 e. The highest BCUT2D eigenvalue weighted by molar-refractivity contribution is 5.99. The standard InChI is InChI=1S/C33H40N6O6/c1-7-33(29(42)43,21-13-9-8-10-14-21)27-35-19-25(38-27)37-26(40)24(17-20-18-34-23-16-12-11-15-22(20)23)36-28(41)32(5,6)39-30(44)45-31(2,3)4/h8-16,18-19,24,34H,7,17H2,1-6H3,(H,35,38)(H,36,41)(H,37,40)(H,39,44)(H,42,43)/t24-,33?/m1/s1. The van der Waals surface area contributed by atoms with Gasteiger partial charge in [0.25, 0.3) is 0 Å². The van der Waals surface area contributed by atoms with Gasteiger partial charge in [-0.2, -0.15) is 0 Å². The molecule has 238 valence electrons. The number of alkyl carbamates (subject to hydrolysis) is 1. The second kappa shape index (κ2) is 12.8. The molecule has 45 heavy (non-hydrogen) atoms. The Labute approximate surface area is 261 Å². The van der Waals surface area contributed by atoms with Crippen molar-refractivity contribution in [1.29, 1.82) is 0 Å². The summed E-state index contributed by atoms with van der Waals surface area (Å²) in [6.07, 6.45) is 2.66. The third kappa shape index (κ3) is 7.34. The second-order valence-corrected chi connectivity index (χ2v) is 12.4. The molecule has 0 fully saturated rings. The lowest BCUT2D eigenvalue weighted by Crippen LogP contribution is -2.59. The van der Waals surface area contributed by atoms with Crippen molar-refractivity contribution in [2.24, 2.45) is 0 Å². The lowest BCUT2D eigenvalue weighted by molar-refractivity contribution is -0.142. The lowest BCUT2D eigenvalue weighted by atomic mass is 9.77. The van der Waals surface area contributed by atoms with E-state index in [4.69, 9.17) is 4.74 Å². The number of carbonyl (C=O) groups is 4. The number of nitrogens with one attached hydrogen (secondary N) is 5. The lowest BCUT2D eigenvalue weighted by Gasteiger charge is -2.29. The van der Waals surface area contributed by atoms with Gasteiger partial charge in [-0.15, -0.1) is 0 Å². The van der Waals surface area contributed by atoms with Gasteiger partial charge in [0, 0.05) is 23.5 Å². The van der Waals surface area contributed by atoms with Gasteiger partial charge in [-0.3, -0.25) is 14.4 Å². The Kier molecular flexibility index (Phi) is 9.36. The van der Waals surface area contributed by atoms with Crippen molar-refractivity contribution in [2.45, 2.75) is 77.0 Å². The first-order valence-corrected chi connectivity index (χ1v) is 14.7. The van der Waals surface area contributed by atoms with Crippen LogP contribution in [0.2, 0.25) is 0 Å². The van der Waals surface area contributed by atoms with Crippen LogP contribution in [0.25, 0.3) is 10.9 Å². The molecule has 3 amide bonds. The SMILES string of the molecule is CCC(C(=O)O)(c1ccccc1)c1ncc(NC(=O)[C@@H](Cc2c[nH]c3ccccc23)NC(=O)C(C)(C)NC(=O)OC(C)(C)C)[nH]1. The molecule has 12 heteroatoms. The minimum absolute atomic E-state index is 0.114. The number of carbonyl (C=O) groups excluding carboxylic acids is 3. The predicted octanol–water partition coefficient (Wildman–Crippen LogP) is 4.64. The molecule has 4 aromatic rings. The van der Waals surface area contributed by atoms with Gasteiger partial charge in [-0.1, -0.05) is 55.5 Å². The van der Waals surface area contributed by atoms with E-state index in [1.54, 1.807) is 64.2 Å². The summed E-state index contributed by atoms with van der Waals surface area (Å²) in [5, 5.41) is 19.3. The Bertz CT molecular complexity index is 1690. The van der Waals surface area contributed by atoms with Crippen LogP contribution in [0.15, 0.2) is 67.0 Å². The number of hydrogen-bond donors (Lipinski definition) is 6. The molecule has 1 unspecified atom stereocenters. The predicted molar refractivity (Wildman–Crippen MR) is 170 cm³/mol. The molecular weight excluding hydrogens is 576 g/mol. The van der Waals surface area contributed by atoms with Crippen LogP contribution in [0, 0.1) is 0 Å². The molecule has 2 aromatic heterocycles. The normalized spacial score (nSPS) is 13.8. The molecule has 0 bridgehead atoms. The van der Waals surface area contributed by atoms with Crippen molar-refractivity contribution in [2.75, 3.05) is 5.32 Å².